The van der Waals surface area contributed by atoms with Crippen molar-refractivity contribution in [2.45, 2.75) is 36.9 Å². The maximum absolute atomic E-state index is 12.5. The van der Waals surface area contributed by atoms with Crippen molar-refractivity contribution in [3.8, 4) is 0 Å². The molecule has 0 bridgehead atoms. The molecule has 0 amide bonds. The molecule has 1 aliphatic rings. The number of thiophene rings is 1. The van der Waals surface area contributed by atoms with Gasteiger partial charge in [-0.25, -0.2) is 8.42 Å². The summed E-state index contributed by atoms with van der Waals surface area (Å²) in [6.45, 7) is 3.48. The summed E-state index contributed by atoms with van der Waals surface area (Å²) >= 11 is 1.27. The van der Waals surface area contributed by atoms with Crippen molar-refractivity contribution in [3.63, 3.8) is 0 Å². The molecule has 1 aliphatic carbocycles. The van der Waals surface area contributed by atoms with Gasteiger partial charge in [-0.15, -0.1) is 11.3 Å². The molecule has 0 saturated heterocycles. The predicted octanol–water partition coefficient (Wildman–Crippen LogP) is 2.02. The zero-order chi connectivity index (χ0) is 13.2. The molecule has 102 valence electrons. The fourth-order valence-corrected chi connectivity index (χ4v) is 4.98. The minimum atomic E-state index is -3.32. The minimum Gasteiger partial charge on any atom is -0.326 e. The molecule has 1 fully saturated rings. The molecule has 0 radical (unpaired) electrons. The molecule has 18 heavy (non-hydrogen) atoms. The Kier molecular flexibility index (Phi) is 4.42. The van der Waals surface area contributed by atoms with Crippen LogP contribution in [0, 0.1) is 5.92 Å². The first-order chi connectivity index (χ1) is 8.57. The van der Waals surface area contributed by atoms with E-state index in [4.69, 9.17) is 5.73 Å². The van der Waals surface area contributed by atoms with Crippen LogP contribution in [0.3, 0.4) is 0 Å². The van der Waals surface area contributed by atoms with Gasteiger partial charge in [-0.3, -0.25) is 0 Å². The van der Waals surface area contributed by atoms with Crippen LogP contribution in [0.1, 0.15) is 31.7 Å². The van der Waals surface area contributed by atoms with Gasteiger partial charge < -0.3 is 5.73 Å². The molecule has 1 heterocycles. The van der Waals surface area contributed by atoms with Gasteiger partial charge in [-0.05, 0) is 35.8 Å². The lowest BCUT2D eigenvalue weighted by molar-refractivity contribution is 0.250. The quantitative estimate of drug-likeness (QED) is 0.871. The molecule has 1 saturated carbocycles. The first-order valence-electron chi connectivity index (χ1n) is 6.35. The summed E-state index contributed by atoms with van der Waals surface area (Å²) in [6.07, 6.45) is 3.55. The number of sulfonamides is 1. The van der Waals surface area contributed by atoms with Crippen molar-refractivity contribution in [2.24, 2.45) is 11.7 Å². The minimum absolute atomic E-state index is 0.390. The molecule has 6 heteroatoms. The lowest BCUT2D eigenvalue weighted by Gasteiger charge is -2.30. The molecule has 0 aromatic carbocycles. The second kappa shape index (κ2) is 5.69. The first-order valence-corrected chi connectivity index (χ1v) is 8.67. The van der Waals surface area contributed by atoms with E-state index in [0.29, 0.717) is 29.8 Å². The van der Waals surface area contributed by atoms with Crippen LogP contribution in [0.4, 0.5) is 0 Å². The summed E-state index contributed by atoms with van der Waals surface area (Å²) in [5.74, 6) is 0.550. The van der Waals surface area contributed by atoms with Crippen molar-refractivity contribution in [1.82, 2.24) is 4.31 Å². The maximum Gasteiger partial charge on any atom is 0.252 e. The van der Waals surface area contributed by atoms with Crippen molar-refractivity contribution >= 4 is 21.4 Å². The Bertz CT molecular complexity index is 492. The van der Waals surface area contributed by atoms with Gasteiger partial charge in [-0.1, -0.05) is 13.3 Å². The normalized spacial score (nSPS) is 17.1. The standard InChI is InChI=1S/C12H20N2O2S2/c1-2-14(8-10-4-3-5-10)18(15,16)12-6-11(7-13)9-17-12/h6,9-10H,2-5,7-8,13H2,1H3. The number of hydrogen-bond donors (Lipinski definition) is 1. The Morgan fingerprint density at radius 2 is 2.22 bits per heavy atom. The van der Waals surface area contributed by atoms with E-state index in [2.05, 4.69) is 0 Å². The van der Waals surface area contributed by atoms with Crippen molar-refractivity contribution in [3.05, 3.63) is 17.0 Å². The Balaban J connectivity index is 2.16. The number of rotatable bonds is 6. The Labute approximate surface area is 113 Å². The third kappa shape index (κ3) is 2.77. The molecule has 2 N–H and O–H groups in total. The van der Waals surface area contributed by atoms with Gasteiger partial charge in [0.1, 0.15) is 4.21 Å². The fourth-order valence-electron chi connectivity index (χ4n) is 2.08. The molecule has 4 nitrogen and oxygen atoms in total. The van der Waals surface area contributed by atoms with E-state index in [-0.39, 0.29) is 0 Å². The first kappa shape index (κ1) is 14.0. The van der Waals surface area contributed by atoms with Crippen LogP contribution in [0.5, 0.6) is 0 Å². The summed E-state index contributed by atoms with van der Waals surface area (Å²) < 4.78 is 26.9. The Morgan fingerprint density at radius 3 is 2.67 bits per heavy atom. The van der Waals surface area contributed by atoms with Gasteiger partial charge in [0.15, 0.2) is 0 Å². The van der Waals surface area contributed by atoms with E-state index in [9.17, 15) is 8.42 Å². The van der Waals surface area contributed by atoms with Crippen LogP contribution in [-0.4, -0.2) is 25.8 Å². The largest absolute Gasteiger partial charge is 0.326 e. The summed E-state index contributed by atoms with van der Waals surface area (Å²) in [6, 6.07) is 1.70. The van der Waals surface area contributed by atoms with Gasteiger partial charge in [0.05, 0.1) is 0 Å². The van der Waals surface area contributed by atoms with Crippen LogP contribution in [0.2, 0.25) is 0 Å². The predicted molar refractivity (Wildman–Crippen MR) is 74.0 cm³/mol. The summed E-state index contributed by atoms with van der Waals surface area (Å²) in [5.41, 5.74) is 6.41. The fraction of sp³-hybridized carbons (Fsp3) is 0.667. The summed E-state index contributed by atoms with van der Waals surface area (Å²) in [5, 5.41) is 1.82. The van der Waals surface area contributed by atoms with E-state index >= 15 is 0 Å². The topological polar surface area (TPSA) is 63.4 Å². The molecule has 0 spiro atoms. The van der Waals surface area contributed by atoms with Gasteiger partial charge in [0, 0.05) is 19.6 Å². The zero-order valence-electron chi connectivity index (χ0n) is 10.6. The molecule has 2 rings (SSSR count). The summed E-state index contributed by atoms with van der Waals surface area (Å²) in [4.78, 5) is 0. The van der Waals surface area contributed by atoms with E-state index in [0.717, 1.165) is 18.4 Å². The lowest BCUT2D eigenvalue weighted by Crippen LogP contribution is -2.36. The monoisotopic (exact) mass is 288 g/mol. The maximum atomic E-state index is 12.5. The van der Waals surface area contributed by atoms with E-state index in [1.807, 2.05) is 12.3 Å². The van der Waals surface area contributed by atoms with Crippen LogP contribution in [0.25, 0.3) is 0 Å². The highest BCUT2D eigenvalue weighted by atomic mass is 32.2. The van der Waals surface area contributed by atoms with Crippen LogP contribution in [-0.2, 0) is 16.6 Å². The van der Waals surface area contributed by atoms with Crippen LogP contribution < -0.4 is 5.73 Å². The van der Waals surface area contributed by atoms with Gasteiger partial charge in [0.25, 0.3) is 10.0 Å². The molecular formula is C12H20N2O2S2. The van der Waals surface area contributed by atoms with Crippen molar-refractivity contribution < 1.29 is 8.42 Å². The number of nitrogens with two attached hydrogens (primary N) is 1. The third-order valence-corrected chi connectivity index (χ3v) is 6.90. The molecule has 1 aromatic heterocycles. The second-order valence-electron chi connectivity index (χ2n) is 4.73. The summed E-state index contributed by atoms with van der Waals surface area (Å²) in [7, 11) is -3.32. The highest BCUT2D eigenvalue weighted by molar-refractivity contribution is 7.91. The van der Waals surface area contributed by atoms with Crippen molar-refractivity contribution in [1.29, 1.82) is 0 Å². The third-order valence-electron chi connectivity index (χ3n) is 3.50. The SMILES string of the molecule is CCN(CC1CCC1)S(=O)(=O)c1cc(CN)cs1. The smallest absolute Gasteiger partial charge is 0.252 e. The molecule has 1 aromatic rings. The van der Waals surface area contributed by atoms with Crippen LogP contribution in [0.15, 0.2) is 15.7 Å². The molecule has 0 aliphatic heterocycles. The highest BCUT2D eigenvalue weighted by Crippen LogP contribution is 2.30. The van der Waals surface area contributed by atoms with E-state index in [1.165, 1.54) is 17.8 Å². The van der Waals surface area contributed by atoms with Gasteiger partial charge >= 0.3 is 0 Å². The Morgan fingerprint density at radius 1 is 1.50 bits per heavy atom. The zero-order valence-corrected chi connectivity index (χ0v) is 12.3. The molecule has 0 atom stereocenters. The highest BCUT2D eigenvalue weighted by Gasteiger charge is 2.29. The average molecular weight is 288 g/mol. The lowest BCUT2D eigenvalue weighted by atomic mass is 9.85. The average Bonchev–Trinajstić information content (AvgIpc) is 2.76. The van der Waals surface area contributed by atoms with Crippen molar-refractivity contribution in [2.75, 3.05) is 13.1 Å². The second-order valence-corrected chi connectivity index (χ2v) is 7.81. The van der Waals surface area contributed by atoms with Crippen LogP contribution >= 0.6 is 11.3 Å². The molecular weight excluding hydrogens is 268 g/mol. The van der Waals surface area contributed by atoms with Gasteiger partial charge in [-0.2, -0.15) is 4.31 Å². The number of nitrogens with zero attached hydrogens (tertiary/aromatic N) is 1. The number of hydrogen-bond acceptors (Lipinski definition) is 4. The van der Waals surface area contributed by atoms with Gasteiger partial charge in [0.2, 0.25) is 0 Å². The van der Waals surface area contributed by atoms with E-state index in [1.54, 1.807) is 10.4 Å². The van der Waals surface area contributed by atoms with E-state index < -0.39 is 10.0 Å². The molecule has 0 unspecified atom stereocenters. The Hall–Kier alpha value is -0.430.